The molecule has 0 saturated carbocycles. The molecular formula is C11H14O4. The largest absolute Gasteiger partial charge is 0.454 e. The SMILES string of the molecule is C/C=C1/C=CC2(OC=CC2OC(C)O)O1. The van der Waals surface area contributed by atoms with E-state index in [1.54, 1.807) is 19.1 Å². The molecule has 2 aliphatic heterocycles. The molecule has 1 spiro atoms. The predicted molar refractivity (Wildman–Crippen MR) is 53.5 cm³/mol. The first kappa shape index (κ1) is 10.3. The first-order valence-electron chi connectivity index (χ1n) is 4.89. The lowest BCUT2D eigenvalue weighted by Gasteiger charge is -2.28. The van der Waals surface area contributed by atoms with Gasteiger partial charge >= 0.3 is 5.79 Å². The molecule has 0 aromatic carbocycles. The van der Waals surface area contributed by atoms with E-state index in [0.29, 0.717) is 0 Å². The number of hydrogen-bond acceptors (Lipinski definition) is 4. The fourth-order valence-corrected chi connectivity index (χ4v) is 1.59. The minimum absolute atomic E-state index is 0.425. The van der Waals surface area contributed by atoms with Crippen molar-refractivity contribution in [1.29, 1.82) is 0 Å². The van der Waals surface area contributed by atoms with E-state index in [0.717, 1.165) is 5.76 Å². The molecule has 82 valence electrons. The number of ether oxygens (including phenoxy) is 3. The van der Waals surface area contributed by atoms with Gasteiger partial charge in [-0.1, -0.05) is 0 Å². The Kier molecular flexibility index (Phi) is 2.54. The van der Waals surface area contributed by atoms with Gasteiger partial charge in [0.25, 0.3) is 0 Å². The predicted octanol–water partition coefficient (Wildman–Crippen LogP) is 1.44. The summed E-state index contributed by atoms with van der Waals surface area (Å²) in [5.41, 5.74) is 0. The van der Waals surface area contributed by atoms with Gasteiger partial charge in [-0.3, -0.25) is 0 Å². The van der Waals surface area contributed by atoms with Crippen molar-refractivity contribution in [2.75, 3.05) is 0 Å². The van der Waals surface area contributed by atoms with Gasteiger partial charge in [-0.25, -0.2) is 0 Å². The smallest absolute Gasteiger partial charge is 0.301 e. The van der Waals surface area contributed by atoms with E-state index >= 15 is 0 Å². The Morgan fingerprint density at radius 2 is 2.47 bits per heavy atom. The third-order valence-corrected chi connectivity index (χ3v) is 2.29. The van der Waals surface area contributed by atoms with Gasteiger partial charge in [0, 0.05) is 6.08 Å². The van der Waals surface area contributed by atoms with Gasteiger partial charge in [0.05, 0.1) is 6.26 Å². The van der Waals surface area contributed by atoms with Gasteiger partial charge < -0.3 is 19.3 Å². The van der Waals surface area contributed by atoms with E-state index in [1.807, 2.05) is 19.1 Å². The zero-order valence-corrected chi connectivity index (χ0v) is 8.71. The molecular weight excluding hydrogens is 196 g/mol. The molecule has 2 heterocycles. The van der Waals surface area contributed by atoms with Crippen LogP contribution in [-0.2, 0) is 14.2 Å². The van der Waals surface area contributed by atoms with Crippen molar-refractivity contribution in [3.05, 3.63) is 36.3 Å². The van der Waals surface area contributed by atoms with Gasteiger partial charge in [-0.15, -0.1) is 0 Å². The van der Waals surface area contributed by atoms with Crippen LogP contribution in [0.3, 0.4) is 0 Å². The highest BCUT2D eigenvalue weighted by Crippen LogP contribution is 2.36. The number of rotatable bonds is 2. The fraction of sp³-hybridized carbons (Fsp3) is 0.455. The lowest BCUT2D eigenvalue weighted by Crippen LogP contribution is -2.41. The lowest BCUT2D eigenvalue weighted by atomic mass is 10.1. The number of hydrogen-bond donors (Lipinski definition) is 1. The lowest BCUT2D eigenvalue weighted by molar-refractivity contribution is -0.220. The molecule has 2 aliphatic rings. The maximum Gasteiger partial charge on any atom is 0.301 e. The van der Waals surface area contributed by atoms with Crippen LogP contribution in [0.5, 0.6) is 0 Å². The second-order valence-corrected chi connectivity index (χ2v) is 3.45. The zero-order chi connectivity index (χ0) is 10.9. The molecule has 2 rings (SSSR count). The highest BCUT2D eigenvalue weighted by Gasteiger charge is 2.47. The molecule has 0 amide bonds. The summed E-state index contributed by atoms with van der Waals surface area (Å²) in [5, 5.41) is 9.17. The van der Waals surface area contributed by atoms with Gasteiger partial charge in [0.1, 0.15) is 5.76 Å². The van der Waals surface area contributed by atoms with Gasteiger partial charge in [-0.05, 0) is 32.1 Å². The summed E-state index contributed by atoms with van der Waals surface area (Å²) in [6.45, 7) is 3.43. The Morgan fingerprint density at radius 1 is 1.67 bits per heavy atom. The molecule has 0 fully saturated rings. The number of aliphatic hydroxyl groups is 1. The molecule has 0 radical (unpaired) electrons. The van der Waals surface area contributed by atoms with Crippen LogP contribution in [-0.4, -0.2) is 23.3 Å². The zero-order valence-electron chi connectivity index (χ0n) is 8.71. The van der Waals surface area contributed by atoms with Crippen molar-refractivity contribution in [1.82, 2.24) is 0 Å². The van der Waals surface area contributed by atoms with Crippen LogP contribution >= 0.6 is 0 Å². The van der Waals surface area contributed by atoms with Crippen LogP contribution in [0.4, 0.5) is 0 Å². The van der Waals surface area contributed by atoms with Gasteiger partial charge in [0.2, 0.25) is 0 Å². The van der Waals surface area contributed by atoms with Crippen LogP contribution in [0, 0.1) is 0 Å². The average Bonchev–Trinajstić information content (AvgIpc) is 2.76. The summed E-state index contributed by atoms with van der Waals surface area (Å²) in [5.74, 6) is -0.198. The Hall–Kier alpha value is -1.26. The second kappa shape index (κ2) is 3.72. The van der Waals surface area contributed by atoms with Crippen molar-refractivity contribution in [3.8, 4) is 0 Å². The van der Waals surface area contributed by atoms with E-state index in [9.17, 15) is 5.11 Å². The van der Waals surface area contributed by atoms with E-state index in [-0.39, 0.29) is 0 Å². The maximum absolute atomic E-state index is 9.17. The van der Waals surface area contributed by atoms with Crippen LogP contribution in [0.2, 0.25) is 0 Å². The van der Waals surface area contributed by atoms with E-state index < -0.39 is 18.2 Å². The van der Waals surface area contributed by atoms with E-state index in [1.165, 1.54) is 6.26 Å². The monoisotopic (exact) mass is 210 g/mol. The Bertz CT molecular complexity index is 329. The summed E-state index contributed by atoms with van der Waals surface area (Å²) < 4.78 is 16.3. The number of aliphatic hydroxyl groups excluding tert-OH is 1. The van der Waals surface area contributed by atoms with Gasteiger partial charge in [-0.2, -0.15) is 0 Å². The van der Waals surface area contributed by atoms with Gasteiger partial charge in [0.15, 0.2) is 12.4 Å². The fourth-order valence-electron chi connectivity index (χ4n) is 1.59. The van der Waals surface area contributed by atoms with Crippen molar-refractivity contribution < 1.29 is 19.3 Å². The molecule has 3 atom stereocenters. The molecule has 0 aliphatic carbocycles. The van der Waals surface area contributed by atoms with E-state index in [2.05, 4.69) is 0 Å². The quantitative estimate of drug-likeness (QED) is 0.700. The molecule has 3 unspecified atom stereocenters. The molecule has 1 N–H and O–H groups in total. The summed E-state index contributed by atoms with van der Waals surface area (Å²) in [6.07, 6.45) is 7.41. The maximum atomic E-state index is 9.17. The Balaban J connectivity index is 2.13. The summed E-state index contributed by atoms with van der Waals surface area (Å²) in [4.78, 5) is 0. The second-order valence-electron chi connectivity index (χ2n) is 3.45. The van der Waals surface area contributed by atoms with Crippen LogP contribution < -0.4 is 0 Å². The average molecular weight is 210 g/mol. The normalized spacial score (nSPS) is 37.3. The van der Waals surface area contributed by atoms with Crippen LogP contribution in [0.15, 0.2) is 36.3 Å². The summed E-state index contributed by atoms with van der Waals surface area (Å²) >= 11 is 0. The van der Waals surface area contributed by atoms with Crippen molar-refractivity contribution in [2.45, 2.75) is 32.0 Å². The van der Waals surface area contributed by atoms with E-state index in [4.69, 9.17) is 14.2 Å². The summed E-state index contributed by atoms with van der Waals surface area (Å²) in [6, 6.07) is 0. The topological polar surface area (TPSA) is 47.9 Å². The molecule has 0 aromatic rings. The molecule has 15 heavy (non-hydrogen) atoms. The highest BCUT2D eigenvalue weighted by atomic mass is 16.7. The van der Waals surface area contributed by atoms with Crippen molar-refractivity contribution in [2.24, 2.45) is 0 Å². The molecule has 0 bridgehead atoms. The van der Waals surface area contributed by atoms with Crippen molar-refractivity contribution >= 4 is 0 Å². The molecule has 4 heteroatoms. The molecule has 0 aromatic heterocycles. The third kappa shape index (κ3) is 1.78. The first-order valence-corrected chi connectivity index (χ1v) is 4.89. The van der Waals surface area contributed by atoms with Crippen LogP contribution in [0.25, 0.3) is 0 Å². The molecule has 4 nitrogen and oxygen atoms in total. The highest BCUT2D eigenvalue weighted by molar-refractivity contribution is 5.27. The first-order chi connectivity index (χ1) is 7.16. The summed E-state index contributed by atoms with van der Waals surface area (Å²) in [7, 11) is 0. The third-order valence-electron chi connectivity index (χ3n) is 2.29. The minimum atomic E-state index is -0.932. The van der Waals surface area contributed by atoms with Crippen molar-refractivity contribution in [3.63, 3.8) is 0 Å². The Morgan fingerprint density at radius 3 is 3.07 bits per heavy atom. The minimum Gasteiger partial charge on any atom is -0.454 e. The Labute approximate surface area is 88.4 Å². The molecule has 0 saturated heterocycles. The standard InChI is InChI=1S/C11H14O4/c1-3-9-4-6-11(15-9)10(5-7-13-11)14-8(2)12/h3-8,10,12H,1-2H3/b9-3-. The number of allylic oxidation sites excluding steroid dienone is 2. The van der Waals surface area contributed by atoms with Crippen LogP contribution in [0.1, 0.15) is 13.8 Å².